The van der Waals surface area contributed by atoms with E-state index in [2.05, 4.69) is 10.3 Å². The lowest BCUT2D eigenvalue weighted by atomic mass is 10.1. The van der Waals surface area contributed by atoms with E-state index < -0.39 is 17.3 Å². The normalized spacial score (nSPS) is 15.8. The fraction of sp³-hybridized carbons (Fsp3) is 0.500. The molecule has 1 heterocycles. The van der Waals surface area contributed by atoms with Crippen LogP contribution < -0.4 is 10.1 Å². The quantitative estimate of drug-likeness (QED) is 0.822. The van der Waals surface area contributed by atoms with Crippen molar-refractivity contribution in [3.8, 4) is 5.75 Å². The summed E-state index contributed by atoms with van der Waals surface area (Å²) in [6.45, 7) is 3.84. The van der Waals surface area contributed by atoms with Gasteiger partial charge >= 0.3 is 5.97 Å². The largest absolute Gasteiger partial charge is 0.489 e. The zero-order valence-electron chi connectivity index (χ0n) is 11.5. The molecular weight excluding hydrogens is 260 g/mol. The maximum Gasteiger partial charge on any atom is 0.311 e. The van der Waals surface area contributed by atoms with E-state index in [-0.39, 0.29) is 18.3 Å². The number of ether oxygens (including phenoxy) is 1. The van der Waals surface area contributed by atoms with Crippen LogP contribution in [0.15, 0.2) is 18.3 Å². The van der Waals surface area contributed by atoms with E-state index in [0.717, 1.165) is 0 Å². The summed E-state index contributed by atoms with van der Waals surface area (Å²) >= 11 is 0. The Morgan fingerprint density at radius 1 is 1.50 bits per heavy atom. The molecule has 1 aliphatic rings. The third-order valence-electron chi connectivity index (χ3n) is 3.24. The predicted molar refractivity (Wildman–Crippen MR) is 71.6 cm³/mol. The first-order chi connectivity index (χ1) is 9.44. The summed E-state index contributed by atoms with van der Waals surface area (Å²) in [7, 11) is 0. The number of hydrogen-bond acceptors (Lipinski definition) is 4. The Labute approximate surface area is 117 Å². The van der Waals surface area contributed by atoms with Crippen LogP contribution in [0.25, 0.3) is 0 Å². The van der Waals surface area contributed by atoms with Gasteiger partial charge < -0.3 is 15.2 Å². The van der Waals surface area contributed by atoms with Gasteiger partial charge in [-0.1, -0.05) is 0 Å². The monoisotopic (exact) mass is 278 g/mol. The van der Waals surface area contributed by atoms with E-state index in [0.29, 0.717) is 18.6 Å². The lowest BCUT2D eigenvalue weighted by Crippen LogP contribution is -2.34. The minimum absolute atomic E-state index is 0.0699. The van der Waals surface area contributed by atoms with Gasteiger partial charge in [0.25, 0.3) is 5.91 Å². The van der Waals surface area contributed by atoms with Crippen molar-refractivity contribution in [2.75, 3.05) is 6.54 Å². The highest BCUT2D eigenvalue weighted by molar-refractivity contribution is 5.95. The minimum atomic E-state index is -0.863. The molecule has 1 aromatic heterocycles. The van der Waals surface area contributed by atoms with Gasteiger partial charge in [-0.05, 0) is 38.8 Å². The Hall–Kier alpha value is -2.11. The van der Waals surface area contributed by atoms with Gasteiger partial charge in [0.05, 0.1) is 11.5 Å². The van der Waals surface area contributed by atoms with E-state index in [1.807, 2.05) is 13.8 Å². The average molecular weight is 278 g/mol. The fourth-order valence-corrected chi connectivity index (χ4v) is 1.86. The molecule has 0 bridgehead atoms. The van der Waals surface area contributed by atoms with Gasteiger partial charge in [-0.3, -0.25) is 9.59 Å². The van der Waals surface area contributed by atoms with Gasteiger partial charge in [0, 0.05) is 12.7 Å². The zero-order valence-corrected chi connectivity index (χ0v) is 11.5. The Bertz CT molecular complexity index is 524. The topological polar surface area (TPSA) is 88.5 Å². The SMILES string of the molecule is CC(C)Oc1cccnc1C(=O)NCC1(C(=O)O)CC1. The lowest BCUT2D eigenvalue weighted by Gasteiger charge is -2.14. The third-order valence-corrected chi connectivity index (χ3v) is 3.24. The van der Waals surface area contributed by atoms with Crippen LogP contribution in [0.5, 0.6) is 5.75 Å². The maximum absolute atomic E-state index is 12.1. The third kappa shape index (κ3) is 3.07. The molecule has 20 heavy (non-hydrogen) atoms. The zero-order chi connectivity index (χ0) is 14.8. The van der Waals surface area contributed by atoms with Gasteiger partial charge in [0.1, 0.15) is 0 Å². The molecule has 0 saturated heterocycles. The molecule has 2 N–H and O–H groups in total. The van der Waals surface area contributed by atoms with Crippen LogP contribution in [0, 0.1) is 5.41 Å². The van der Waals surface area contributed by atoms with Crippen molar-refractivity contribution in [3.63, 3.8) is 0 Å². The summed E-state index contributed by atoms with van der Waals surface area (Å²) in [6, 6.07) is 3.36. The molecule has 1 aliphatic carbocycles. The van der Waals surface area contributed by atoms with Crippen molar-refractivity contribution in [1.82, 2.24) is 10.3 Å². The number of nitrogens with one attached hydrogen (secondary N) is 1. The number of carboxylic acid groups (broad SMARTS) is 1. The molecular formula is C14H18N2O4. The van der Waals surface area contributed by atoms with E-state index in [4.69, 9.17) is 9.84 Å². The number of aliphatic carboxylic acids is 1. The van der Waals surface area contributed by atoms with Gasteiger partial charge in [0.15, 0.2) is 11.4 Å². The van der Waals surface area contributed by atoms with Crippen LogP contribution in [-0.2, 0) is 4.79 Å². The van der Waals surface area contributed by atoms with Crippen molar-refractivity contribution in [2.45, 2.75) is 32.8 Å². The van der Waals surface area contributed by atoms with Crippen LogP contribution in [0.1, 0.15) is 37.2 Å². The molecule has 6 heteroatoms. The minimum Gasteiger partial charge on any atom is -0.489 e. The number of pyridine rings is 1. The van der Waals surface area contributed by atoms with Crippen LogP contribution in [0.3, 0.4) is 0 Å². The molecule has 1 aromatic rings. The van der Waals surface area contributed by atoms with Crippen molar-refractivity contribution < 1.29 is 19.4 Å². The Morgan fingerprint density at radius 2 is 2.20 bits per heavy atom. The van der Waals surface area contributed by atoms with Crippen molar-refractivity contribution in [1.29, 1.82) is 0 Å². The molecule has 2 rings (SSSR count). The summed E-state index contributed by atoms with van der Waals surface area (Å²) in [6.07, 6.45) is 2.63. The fourth-order valence-electron chi connectivity index (χ4n) is 1.86. The van der Waals surface area contributed by atoms with Gasteiger partial charge in [-0.2, -0.15) is 0 Å². The molecule has 1 amide bonds. The number of aromatic nitrogens is 1. The highest BCUT2D eigenvalue weighted by Gasteiger charge is 2.50. The molecule has 0 spiro atoms. The van der Waals surface area contributed by atoms with Gasteiger partial charge in [-0.25, -0.2) is 4.98 Å². The summed E-state index contributed by atoms with van der Waals surface area (Å²) in [4.78, 5) is 27.2. The number of carbonyl (C=O) groups excluding carboxylic acids is 1. The molecule has 0 aromatic carbocycles. The van der Waals surface area contributed by atoms with Crippen molar-refractivity contribution in [3.05, 3.63) is 24.0 Å². The second-order valence-electron chi connectivity index (χ2n) is 5.28. The highest BCUT2D eigenvalue weighted by Crippen LogP contribution is 2.45. The standard InChI is InChI=1S/C14H18N2O4/c1-9(2)20-10-4-3-7-15-11(10)12(17)16-8-14(5-6-14)13(18)19/h3-4,7,9H,5-6,8H2,1-2H3,(H,16,17)(H,18,19). The first-order valence-corrected chi connectivity index (χ1v) is 6.58. The van der Waals surface area contributed by atoms with Crippen molar-refractivity contribution >= 4 is 11.9 Å². The lowest BCUT2D eigenvalue weighted by molar-refractivity contribution is -0.143. The molecule has 0 atom stereocenters. The Balaban J connectivity index is 2.04. The number of amides is 1. The van der Waals surface area contributed by atoms with Crippen LogP contribution >= 0.6 is 0 Å². The molecule has 1 fully saturated rings. The van der Waals surface area contributed by atoms with E-state index in [1.165, 1.54) is 6.20 Å². The molecule has 1 saturated carbocycles. The van der Waals surface area contributed by atoms with Crippen LogP contribution in [0.4, 0.5) is 0 Å². The summed E-state index contributed by atoms with van der Waals surface area (Å²) in [5.41, 5.74) is -0.605. The number of hydrogen-bond donors (Lipinski definition) is 2. The second kappa shape index (κ2) is 5.48. The first-order valence-electron chi connectivity index (χ1n) is 6.58. The molecule has 0 radical (unpaired) electrons. The number of carboxylic acids is 1. The Kier molecular flexibility index (Phi) is 3.92. The second-order valence-corrected chi connectivity index (χ2v) is 5.28. The molecule has 0 aliphatic heterocycles. The summed E-state index contributed by atoms with van der Waals surface area (Å²) < 4.78 is 5.52. The smallest absolute Gasteiger partial charge is 0.311 e. The van der Waals surface area contributed by atoms with Crippen molar-refractivity contribution in [2.24, 2.45) is 5.41 Å². The molecule has 6 nitrogen and oxygen atoms in total. The predicted octanol–water partition coefficient (Wildman–Crippen LogP) is 1.46. The van der Waals surface area contributed by atoms with Crippen LogP contribution in [0.2, 0.25) is 0 Å². The number of carbonyl (C=O) groups is 2. The molecule has 0 unspecified atom stereocenters. The summed E-state index contributed by atoms with van der Waals surface area (Å²) in [5.74, 6) is -0.869. The summed E-state index contributed by atoms with van der Waals surface area (Å²) in [5, 5.41) is 11.7. The Morgan fingerprint density at radius 3 is 2.75 bits per heavy atom. The number of nitrogens with zero attached hydrogens (tertiary/aromatic N) is 1. The van der Waals surface area contributed by atoms with Crippen LogP contribution in [-0.4, -0.2) is 34.6 Å². The van der Waals surface area contributed by atoms with E-state index in [9.17, 15) is 9.59 Å². The van der Waals surface area contributed by atoms with Gasteiger partial charge in [-0.15, -0.1) is 0 Å². The maximum atomic E-state index is 12.1. The molecule has 108 valence electrons. The van der Waals surface area contributed by atoms with Gasteiger partial charge in [0.2, 0.25) is 0 Å². The van der Waals surface area contributed by atoms with E-state index >= 15 is 0 Å². The highest BCUT2D eigenvalue weighted by atomic mass is 16.5. The first kappa shape index (κ1) is 14.3. The number of rotatable bonds is 6. The van der Waals surface area contributed by atoms with E-state index in [1.54, 1.807) is 12.1 Å². The average Bonchev–Trinajstić information content (AvgIpc) is 3.17.